The Balaban J connectivity index is 1.55. The van der Waals surface area contributed by atoms with Gasteiger partial charge in [0.2, 0.25) is 0 Å². The molecule has 4 aromatic rings. The first kappa shape index (κ1) is 24.2. The Morgan fingerprint density at radius 1 is 1.13 bits per heavy atom. The number of anilines is 3. The summed E-state index contributed by atoms with van der Waals surface area (Å²) in [7, 11) is 0. The number of nitrogens with one attached hydrogen (secondary N) is 1. The molecule has 6 rings (SSSR count). The predicted molar refractivity (Wildman–Crippen MR) is 148 cm³/mol. The fourth-order valence-corrected chi connectivity index (χ4v) is 6.04. The number of fused-ring (bicyclic) bond motifs is 2. The maximum atomic E-state index is 13.9. The fraction of sp³-hybridized carbons (Fsp3) is 0.323. The summed E-state index contributed by atoms with van der Waals surface area (Å²) in [5.41, 5.74) is 8.50. The van der Waals surface area contributed by atoms with Crippen molar-refractivity contribution in [1.82, 2.24) is 5.16 Å². The smallest absolute Gasteiger partial charge is 0.310 e. The van der Waals surface area contributed by atoms with Crippen molar-refractivity contribution in [3.8, 4) is 11.3 Å². The minimum Gasteiger partial charge on any atom is -0.466 e. The molecular weight excluding hydrogens is 478 g/mol. The standard InChI is InChI=1S/C31H31N3O4/c1-5-37-31(36)20-9-8-12-34(16-20)24-15-23(32-27-18(3)13-17(2)14-19(27)4)25-26-28(24)33-38-30(26)22-11-7-6-10-21(22)29(25)35/h6-7,10-11,13-15,20,32H,5,8-9,12,16H2,1-4H3/t20-/m0/s1. The van der Waals surface area contributed by atoms with Crippen molar-refractivity contribution in [2.24, 2.45) is 5.92 Å². The number of ketones is 1. The molecule has 1 atom stereocenters. The molecule has 7 heteroatoms. The van der Waals surface area contributed by atoms with Crippen molar-refractivity contribution in [3.05, 3.63) is 70.3 Å². The lowest BCUT2D eigenvalue weighted by atomic mass is 9.86. The third-order valence-corrected chi connectivity index (χ3v) is 7.70. The van der Waals surface area contributed by atoms with Crippen molar-refractivity contribution >= 4 is 39.7 Å². The van der Waals surface area contributed by atoms with Gasteiger partial charge in [-0.25, -0.2) is 0 Å². The third-order valence-electron chi connectivity index (χ3n) is 7.70. The van der Waals surface area contributed by atoms with Crippen LogP contribution in [0.25, 0.3) is 22.2 Å². The first-order valence-electron chi connectivity index (χ1n) is 13.2. The first-order chi connectivity index (χ1) is 18.4. The van der Waals surface area contributed by atoms with Gasteiger partial charge in [0.05, 0.1) is 34.8 Å². The fourth-order valence-electron chi connectivity index (χ4n) is 6.04. The molecule has 0 amide bonds. The van der Waals surface area contributed by atoms with E-state index in [1.165, 1.54) is 5.56 Å². The van der Waals surface area contributed by atoms with Gasteiger partial charge in [-0.1, -0.05) is 47.1 Å². The summed E-state index contributed by atoms with van der Waals surface area (Å²) < 4.78 is 11.3. The number of rotatable bonds is 5. The normalized spacial score (nSPS) is 16.5. The van der Waals surface area contributed by atoms with Crippen LogP contribution >= 0.6 is 0 Å². The molecule has 2 heterocycles. The van der Waals surface area contributed by atoms with E-state index in [1.54, 1.807) is 0 Å². The highest BCUT2D eigenvalue weighted by atomic mass is 16.5. The average Bonchev–Trinajstić information content (AvgIpc) is 3.35. The van der Waals surface area contributed by atoms with E-state index in [9.17, 15) is 9.59 Å². The van der Waals surface area contributed by atoms with E-state index in [2.05, 4.69) is 48.3 Å². The van der Waals surface area contributed by atoms with E-state index in [0.717, 1.165) is 52.8 Å². The number of carbonyl (C=O) groups is 2. The highest BCUT2D eigenvalue weighted by Crippen LogP contribution is 2.47. The second kappa shape index (κ2) is 9.31. The summed E-state index contributed by atoms with van der Waals surface area (Å²) in [6.45, 7) is 9.73. The number of hydrogen-bond donors (Lipinski definition) is 1. The lowest BCUT2D eigenvalue weighted by Crippen LogP contribution is -2.39. The van der Waals surface area contributed by atoms with Crippen LogP contribution in [0.3, 0.4) is 0 Å². The predicted octanol–water partition coefficient (Wildman–Crippen LogP) is 6.49. The molecule has 0 radical (unpaired) electrons. The summed E-state index contributed by atoms with van der Waals surface area (Å²) >= 11 is 0. The van der Waals surface area contributed by atoms with E-state index in [1.807, 2.05) is 37.3 Å². The quantitative estimate of drug-likeness (QED) is 0.271. The highest BCUT2D eigenvalue weighted by molar-refractivity contribution is 6.29. The van der Waals surface area contributed by atoms with Gasteiger partial charge in [-0.2, -0.15) is 0 Å². The third kappa shape index (κ3) is 3.85. The van der Waals surface area contributed by atoms with Gasteiger partial charge in [0.1, 0.15) is 5.52 Å². The summed E-state index contributed by atoms with van der Waals surface area (Å²) in [5.74, 6) is 0.172. The molecule has 1 aliphatic heterocycles. The molecule has 0 unspecified atom stereocenters. The highest BCUT2D eigenvalue weighted by Gasteiger charge is 2.35. The van der Waals surface area contributed by atoms with Gasteiger partial charge in [-0.3, -0.25) is 9.59 Å². The van der Waals surface area contributed by atoms with E-state index < -0.39 is 0 Å². The Hall–Kier alpha value is -4.13. The number of esters is 1. The zero-order valence-electron chi connectivity index (χ0n) is 22.2. The van der Waals surface area contributed by atoms with Crippen LogP contribution < -0.4 is 10.2 Å². The zero-order chi connectivity index (χ0) is 26.6. The summed E-state index contributed by atoms with van der Waals surface area (Å²) in [6.07, 6.45) is 1.65. The van der Waals surface area contributed by atoms with Crippen molar-refractivity contribution in [2.45, 2.75) is 40.5 Å². The second-order valence-corrected chi connectivity index (χ2v) is 10.4. The van der Waals surface area contributed by atoms with Crippen molar-refractivity contribution in [2.75, 3.05) is 29.9 Å². The summed E-state index contributed by atoms with van der Waals surface area (Å²) in [6, 6.07) is 13.8. The number of benzene rings is 3. The number of nitrogens with zero attached hydrogens (tertiary/aromatic N) is 2. The van der Waals surface area contributed by atoms with E-state index in [-0.39, 0.29) is 17.7 Å². The van der Waals surface area contributed by atoms with Crippen LogP contribution in [0.4, 0.5) is 17.1 Å². The molecule has 1 fully saturated rings. The van der Waals surface area contributed by atoms with Gasteiger partial charge in [-0.05, 0) is 57.7 Å². The van der Waals surface area contributed by atoms with Crippen LogP contribution in [-0.4, -0.2) is 36.6 Å². The molecule has 1 aromatic heterocycles. The summed E-state index contributed by atoms with van der Waals surface area (Å²) in [5, 5.41) is 8.82. The molecule has 1 aliphatic carbocycles. The van der Waals surface area contributed by atoms with Crippen LogP contribution in [0.1, 0.15) is 52.4 Å². The Morgan fingerprint density at radius 2 is 1.87 bits per heavy atom. The SMILES string of the molecule is CCOC(=O)[C@H]1CCCN(c2cc(Nc3c(C)cc(C)cc3C)c3c4c(onc24)-c2ccccc2C3=O)C1. The average molecular weight is 510 g/mol. The lowest BCUT2D eigenvalue weighted by Gasteiger charge is -2.34. The molecule has 3 aromatic carbocycles. The number of carbonyl (C=O) groups excluding carboxylic acids is 2. The van der Waals surface area contributed by atoms with Gasteiger partial charge >= 0.3 is 5.97 Å². The molecule has 38 heavy (non-hydrogen) atoms. The van der Waals surface area contributed by atoms with Crippen LogP contribution in [0.2, 0.25) is 0 Å². The first-order valence-corrected chi connectivity index (χ1v) is 13.2. The van der Waals surface area contributed by atoms with Crippen LogP contribution in [0.5, 0.6) is 0 Å². The lowest BCUT2D eigenvalue weighted by molar-refractivity contribution is -0.148. The Bertz CT molecular complexity index is 1580. The minimum atomic E-state index is -0.210. The van der Waals surface area contributed by atoms with Crippen LogP contribution in [0.15, 0.2) is 47.0 Å². The van der Waals surface area contributed by atoms with Gasteiger partial charge < -0.3 is 19.5 Å². The largest absolute Gasteiger partial charge is 0.466 e. The number of aromatic nitrogens is 1. The van der Waals surface area contributed by atoms with Gasteiger partial charge in [-0.15, -0.1) is 0 Å². The molecule has 194 valence electrons. The Morgan fingerprint density at radius 3 is 2.61 bits per heavy atom. The second-order valence-electron chi connectivity index (χ2n) is 10.4. The maximum absolute atomic E-state index is 13.9. The van der Waals surface area contributed by atoms with Gasteiger partial charge in [0.25, 0.3) is 0 Å². The van der Waals surface area contributed by atoms with E-state index in [4.69, 9.17) is 9.26 Å². The zero-order valence-corrected chi connectivity index (χ0v) is 22.2. The van der Waals surface area contributed by atoms with Gasteiger partial charge in [0, 0.05) is 29.9 Å². The number of aryl methyl sites for hydroxylation is 3. The number of piperidine rings is 1. The topological polar surface area (TPSA) is 84.7 Å². The Kier molecular flexibility index (Phi) is 5.94. The number of ether oxygens (including phenoxy) is 1. The van der Waals surface area contributed by atoms with E-state index >= 15 is 0 Å². The van der Waals surface area contributed by atoms with Gasteiger partial charge in [0.15, 0.2) is 11.5 Å². The van der Waals surface area contributed by atoms with E-state index in [0.29, 0.717) is 41.2 Å². The molecule has 0 spiro atoms. The molecule has 0 saturated carbocycles. The van der Waals surface area contributed by atoms with Crippen molar-refractivity contribution in [3.63, 3.8) is 0 Å². The molecule has 1 saturated heterocycles. The summed E-state index contributed by atoms with van der Waals surface area (Å²) in [4.78, 5) is 28.7. The van der Waals surface area contributed by atoms with Crippen LogP contribution in [0, 0.1) is 26.7 Å². The van der Waals surface area contributed by atoms with Crippen molar-refractivity contribution < 1.29 is 18.8 Å². The van der Waals surface area contributed by atoms with Crippen LogP contribution in [-0.2, 0) is 9.53 Å². The monoisotopic (exact) mass is 509 g/mol. The molecule has 1 N–H and O–H groups in total. The molecule has 2 aliphatic rings. The minimum absolute atomic E-state index is 0.0548. The molecule has 7 nitrogen and oxygen atoms in total. The Labute approximate surface area is 221 Å². The number of hydrogen-bond acceptors (Lipinski definition) is 7. The maximum Gasteiger partial charge on any atom is 0.310 e. The molecule has 0 bridgehead atoms. The molecular formula is C31H31N3O4. The van der Waals surface area contributed by atoms with Crippen molar-refractivity contribution in [1.29, 1.82) is 0 Å².